The quantitative estimate of drug-likeness (QED) is 0.776. The molecule has 19 heavy (non-hydrogen) atoms. The van der Waals surface area contributed by atoms with Crippen LogP contribution in [0.2, 0.25) is 0 Å². The summed E-state index contributed by atoms with van der Waals surface area (Å²) in [7, 11) is 0. The van der Waals surface area contributed by atoms with Gasteiger partial charge >= 0.3 is 0 Å². The highest BCUT2D eigenvalue weighted by Crippen LogP contribution is 2.35. The smallest absolute Gasteiger partial charge is 0.253 e. The molecule has 0 bridgehead atoms. The summed E-state index contributed by atoms with van der Waals surface area (Å²) in [6.45, 7) is 0.494. The Morgan fingerprint density at radius 3 is 2.74 bits per heavy atom. The molecule has 0 fully saturated rings. The first-order valence-electron chi connectivity index (χ1n) is 5.38. The Kier molecular flexibility index (Phi) is 3.63. The van der Waals surface area contributed by atoms with E-state index in [0.29, 0.717) is 11.5 Å². The van der Waals surface area contributed by atoms with Crippen LogP contribution in [0.5, 0.6) is 0 Å². The monoisotopic (exact) mass is 273 g/mol. The maximum atomic E-state index is 11.4. The highest BCUT2D eigenvalue weighted by Gasteiger charge is 2.19. The van der Waals surface area contributed by atoms with Gasteiger partial charge in [-0.1, -0.05) is 0 Å². The van der Waals surface area contributed by atoms with Gasteiger partial charge in [0.25, 0.3) is 5.91 Å². The van der Waals surface area contributed by atoms with E-state index in [4.69, 9.17) is 16.7 Å². The molecule has 0 saturated carbocycles. The topological polar surface area (TPSA) is 118 Å². The van der Waals surface area contributed by atoms with Crippen LogP contribution >= 0.6 is 11.3 Å². The van der Waals surface area contributed by atoms with Gasteiger partial charge in [0.1, 0.15) is 15.9 Å². The number of primary amides is 1. The van der Waals surface area contributed by atoms with Gasteiger partial charge in [-0.15, -0.1) is 11.3 Å². The number of hydrogen-bond donors (Lipinski definition) is 3. The number of aromatic nitrogens is 1. The van der Waals surface area contributed by atoms with E-state index in [2.05, 4.69) is 10.3 Å². The summed E-state index contributed by atoms with van der Waals surface area (Å²) in [5, 5.41) is 12.5. The SMILES string of the molecule is N#Cc1sc(NCc2ccncc2)c(C(N)=O)c1N. The van der Waals surface area contributed by atoms with E-state index in [-0.39, 0.29) is 16.1 Å². The minimum absolute atomic E-state index is 0.136. The second-order valence-electron chi connectivity index (χ2n) is 3.73. The lowest BCUT2D eigenvalue weighted by atomic mass is 10.2. The van der Waals surface area contributed by atoms with Crippen molar-refractivity contribution in [2.75, 3.05) is 11.1 Å². The third kappa shape index (κ3) is 2.64. The number of amides is 1. The molecule has 0 atom stereocenters. The maximum Gasteiger partial charge on any atom is 0.253 e. The number of thiophene rings is 1. The largest absolute Gasteiger partial charge is 0.396 e. The standard InChI is InChI=1S/C12H11N5OS/c13-5-8-10(14)9(11(15)18)12(19-8)17-6-7-1-3-16-4-2-7/h1-4,17H,6,14H2,(H2,15,18). The second-order valence-corrected chi connectivity index (χ2v) is 4.75. The fourth-order valence-electron chi connectivity index (χ4n) is 1.58. The fourth-order valence-corrected chi connectivity index (χ4v) is 2.50. The summed E-state index contributed by atoms with van der Waals surface area (Å²) >= 11 is 1.12. The van der Waals surface area contributed by atoms with E-state index in [9.17, 15) is 4.79 Å². The Labute approximate surface area is 113 Å². The fraction of sp³-hybridized carbons (Fsp3) is 0.0833. The van der Waals surface area contributed by atoms with Crippen LogP contribution in [-0.2, 0) is 6.54 Å². The van der Waals surface area contributed by atoms with Crippen molar-refractivity contribution < 1.29 is 4.79 Å². The molecule has 2 heterocycles. The Balaban J connectivity index is 2.26. The zero-order valence-electron chi connectivity index (χ0n) is 9.88. The van der Waals surface area contributed by atoms with Crippen LogP contribution in [-0.4, -0.2) is 10.9 Å². The van der Waals surface area contributed by atoms with E-state index in [1.165, 1.54) is 0 Å². The number of anilines is 2. The van der Waals surface area contributed by atoms with Gasteiger partial charge in [-0.2, -0.15) is 5.26 Å². The third-order valence-electron chi connectivity index (χ3n) is 2.50. The number of rotatable bonds is 4. The van der Waals surface area contributed by atoms with E-state index in [1.807, 2.05) is 18.2 Å². The lowest BCUT2D eigenvalue weighted by Crippen LogP contribution is -2.14. The maximum absolute atomic E-state index is 11.4. The number of nitrogens with zero attached hydrogens (tertiary/aromatic N) is 2. The average Bonchev–Trinajstić information content (AvgIpc) is 2.74. The molecule has 96 valence electrons. The first kappa shape index (κ1) is 12.9. The second kappa shape index (κ2) is 5.37. The van der Waals surface area contributed by atoms with Crippen molar-refractivity contribution in [1.29, 1.82) is 5.26 Å². The molecule has 5 N–H and O–H groups in total. The van der Waals surface area contributed by atoms with Crippen LogP contribution in [0.15, 0.2) is 24.5 Å². The van der Waals surface area contributed by atoms with Crippen molar-refractivity contribution >= 4 is 27.9 Å². The third-order valence-corrected chi connectivity index (χ3v) is 3.56. The summed E-state index contributed by atoms with van der Waals surface area (Å²) in [5.41, 5.74) is 12.3. The van der Waals surface area contributed by atoms with Gasteiger partial charge in [0.2, 0.25) is 0 Å². The molecule has 0 radical (unpaired) electrons. The first-order valence-corrected chi connectivity index (χ1v) is 6.20. The van der Waals surface area contributed by atoms with E-state index >= 15 is 0 Å². The number of nitrogen functional groups attached to an aromatic ring is 1. The van der Waals surface area contributed by atoms with Crippen LogP contribution in [0, 0.1) is 11.3 Å². The minimum Gasteiger partial charge on any atom is -0.396 e. The summed E-state index contributed by atoms with van der Waals surface area (Å²) in [5.74, 6) is -0.646. The molecular formula is C12H11N5OS. The lowest BCUT2D eigenvalue weighted by Gasteiger charge is -2.05. The summed E-state index contributed by atoms with van der Waals surface area (Å²) in [4.78, 5) is 15.6. The Morgan fingerprint density at radius 1 is 1.47 bits per heavy atom. The van der Waals surface area contributed by atoms with E-state index < -0.39 is 5.91 Å². The van der Waals surface area contributed by atoms with Crippen LogP contribution in [0.25, 0.3) is 0 Å². The van der Waals surface area contributed by atoms with Gasteiger partial charge in [-0.25, -0.2) is 0 Å². The van der Waals surface area contributed by atoms with Gasteiger partial charge in [0.05, 0.1) is 11.3 Å². The number of pyridine rings is 1. The summed E-state index contributed by atoms with van der Waals surface area (Å²) in [6, 6.07) is 5.64. The molecule has 0 aliphatic heterocycles. The predicted molar refractivity (Wildman–Crippen MR) is 73.5 cm³/mol. The van der Waals surface area contributed by atoms with Crippen LogP contribution in [0.3, 0.4) is 0 Å². The van der Waals surface area contributed by atoms with Crippen molar-refractivity contribution in [3.63, 3.8) is 0 Å². The van der Waals surface area contributed by atoms with Crippen molar-refractivity contribution in [2.45, 2.75) is 6.54 Å². The molecule has 2 rings (SSSR count). The number of carbonyl (C=O) groups is 1. The zero-order valence-corrected chi connectivity index (χ0v) is 10.7. The van der Waals surface area contributed by atoms with Crippen LogP contribution < -0.4 is 16.8 Å². The van der Waals surface area contributed by atoms with Gasteiger partial charge in [0, 0.05) is 18.9 Å². The first-order chi connectivity index (χ1) is 9.13. The lowest BCUT2D eigenvalue weighted by molar-refractivity contribution is 0.100. The van der Waals surface area contributed by atoms with E-state index in [0.717, 1.165) is 16.9 Å². The predicted octanol–water partition coefficient (Wildman–Crippen LogP) is 1.31. The highest BCUT2D eigenvalue weighted by molar-refractivity contribution is 7.17. The summed E-state index contributed by atoms with van der Waals surface area (Å²) < 4.78 is 0. The summed E-state index contributed by atoms with van der Waals surface area (Å²) in [6.07, 6.45) is 3.35. The molecule has 0 aromatic carbocycles. The van der Waals surface area contributed by atoms with Crippen molar-refractivity contribution in [3.05, 3.63) is 40.5 Å². The molecular weight excluding hydrogens is 262 g/mol. The van der Waals surface area contributed by atoms with Gasteiger partial charge < -0.3 is 16.8 Å². The molecule has 1 amide bonds. The molecule has 2 aromatic heterocycles. The van der Waals surface area contributed by atoms with Crippen LogP contribution in [0.1, 0.15) is 20.8 Å². The van der Waals surface area contributed by atoms with Crippen molar-refractivity contribution in [3.8, 4) is 6.07 Å². The van der Waals surface area contributed by atoms with Crippen molar-refractivity contribution in [2.24, 2.45) is 5.73 Å². The van der Waals surface area contributed by atoms with Gasteiger partial charge in [-0.05, 0) is 17.7 Å². The molecule has 7 heteroatoms. The van der Waals surface area contributed by atoms with Crippen LogP contribution in [0.4, 0.5) is 10.7 Å². The number of nitrogens with two attached hydrogens (primary N) is 2. The molecule has 0 aliphatic rings. The van der Waals surface area contributed by atoms with E-state index in [1.54, 1.807) is 12.4 Å². The van der Waals surface area contributed by atoms with Gasteiger partial charge in [0.15, 0.2) is 0 Å². The Bertz CT molecular complexity index is 644. The normalized spacial score (nSPS) is 9.84. The number of carbonyl (C=O) groups excluding carboxylic acids is 1. The minimum atomic E-state index is -0.646. The molecule has 0 aliphatic carbocycles. The molecule has 0 saturated heterocycles. The molecule has 0 spiro atoms. The molecule has 6 nitrogen and oxygen atoms in total. The number of hydrogen-bond acceptors (Lipinski definition) is 6. The highest BCUT2D eigenvalue weighted by atomic mass is 32.1. The Hall–Kier alpha value is -2.59. The van der Waals surface area contributed by atoms with Gasteiger partial charge in [-0.3, -0.25) is 9.78 Å². The zero-order chi connectivity index (χ0) is 13.8. The average molecular weight is 273 g/mol. The molecule has 0 unspecified atom stereocenters. The Morgan fingerprint density at radius 2 is 2.16 bits per heavy atom. The molecule has 2 aromatic rings. The number of nitriles is 1. The van der Waals surface area contributed by atoms with Crippen molar-refractivity contribution in [1.82, 2.24) is 4.98 Å². The number of nitrogens with one attached hydrogen (secondary N) is 1.